The second-order valence-electron chi connectivity index (χ2n) is 4.10. The Morgan fingerprint density at radius 3 is 2.60 bits per heavy atom. The molecule has 2 rings (SSSR count). The molecule has 0 aliphatic heterocycles. The maximum atomic E-state index is 10.8. The van der Waals surface area contributed by atoms with Crippen LogP contribution in [0.25, 0.3) is 0 Å². The number of carbonyl (C=O) groups is 1. The molecule has 1 aliphatic rings. The molecule has 3 heteroatoms. The maximum Gasteiger partial charge on any atom is 0.306 e. The number of aromatic hydroxyl groups is 1. The van der Waals surface area contributed by atoms with Crippen molar-refractivity contribution in [1.29, 1.82) is 0 Å². The van der Waals surface area contributed by atoms with Gasteiger partial charge in [-0.1, -0.05) is 18.2 Å². The molecule has 3 nitrogen and oxygen atoms in total. The highest BCUT2D eigenvalue weighted by atomic mass is 16.4. The minimum absolute atomic E-state index is 0.201. The van der Waals surface area contributed by atoms with E-state index >= 15 is 0 Å². The van der Waals surface area contributed by atoms with Crippen LogP contribution in [0.3, 0.4) is 0 Å². The lowest BCUT2D eigenvalue weighted by Crippen LogP contribution is -2.09. The van der Waals surface area contributed by atoms with Gasteiger partial charge in [0.1, 0.15) is 5.75 Å². The molecule has 0 bridgehead atoms. The van der Waals surface area contributed by atoms with Crippen LogP contribution in [0.15, 0.2) is 24.3 Å². The predicted molar refractivity (Wildman–Crippen MR) is 55.8 cm³/mol. The third-order valence-electron chi connectivity index (χ3n) is 3.16. The summed E-state index contributed by atoms with van der Waals surface area (Å²) in [7, 11) is 0. The third-order valence-corrected chi connectivity index (χ3v) is 3.16. The second kappa shape index (κ2) is 3.93. The predicted octanol–water partition coefficient (Wildman–Crippen LogP) is 2.36. The first kappa shape index (κ1) is 10.0. The number of aliphatic carboxylic acids is 1. The highest BCUT2D eigenvalue weighted by Gasteiger charge is 2.31. The first-order valence-electron chi connectivity index (χ1n) is 5.19. The van der Waals surface area contributed by atoms with Crippen LogP contribution >= 0.6 is 0 Å². The number of phenolic OH excluding ortho intramolecular Hbond substituents is 1. The summed E-state index contributed by atoms with van der Waals surface area (Å²) in [6.45, 7) is 0. The van der Waals surface area contributed by atoms with Crippen molar-refractivity contribution in [3.8, 4) is 5.75 Å². The Labute approximate surface area is 88.4 Å². The van der Waals surface area contributed by atoms with Crippen molar-refractivity contribution in [2.45, 2.75) is 25.2 Å². The second-order valence-corrected chi connectivity index (χ2v) is 4.10. The lowest BCUT2D eigenvalue weighted by Gasteiger charge is -2.11. The van der Waals surface area contributed by atoms with Crippen molar-refractivity contribution >= 4 is 5.97 Å². The van der Waals surface area contributed by atoms with E-state index in [-0.39, 0.29) is 17.6 Å². The van der Waals surface area contributed by atoms with E-state index in [1.165, 1.54) is 0 Å². The van der Waals surface area contributed by atoms with Gasteiger partial charge < -0.3 is 10.2 Å². The topological polar surface area (TPSA) is 57.5 Å². The van der Waals surface area contributed by atoms with Crippen LogP contribution in [0, 0.1) is 5.92 Å². The number of phenols is 1. The van der Waals surface area contributed by atoms with E-state index in [0.29, 0.717) is 12.8 Å². The smallest absolute Gasteiger partial charge is 0.306 e. The largest absolute Gasteiger partial charge is 0.508 e. The zero-order valence-corrected chi connectivity index (χ0v) is 8.39. The molecule has 0 aromatic heterocycles. The highest BCUT2D eigenvalue weighted by molar-refractivity contribution is 5.70. The number of benzene rings is 1. The molecule has 1 aliphatic carbocycles. The molecule has 2 N–H and O–H groups in total. The normalized spacial score (nSPS) is 25.3. The molecule has 2 atom stereocenters. The lowest BCUT2D eigenvalue weighted by molar-refractivity contribution is -0.141. The van der Waals surface area contributed by atoms with E-state index in [4.69, 9.17) is 5.11 Å². The van der Waals surface area contributed by atoms with Crippen LogP contribution in [-0.2, 0) is 4.79 Å². The van der Waals surface area contributed by atoms with Gasteiger partial charge in [-0.25, -0.2) is 0 Å². The van der Waals surface area contributed by atoms with Gasteiger partial charge in [-0.2, -0.15) is 0 Å². The van der Waals surface area contributed by atoms with E-state index in [1.807, 2.05) is 12.1 Å². The van der Waals surface area contributed by atoms with Crippen LogP contribution < -0.4 is 0 Å². The molecule has 1 saturated carbocycles. The Bertz CT molecular complexity index is 373. The summed E-state index contributed by atoms with van der Waals surface area (Å²) >= 11 is 0. The molecule has 1 unspecified atom stereocenters. The summed E-state index contributed by atoms with van der Waals surface area (Å²) < 4.78 is 0. The molecule has 0 radical (unpaired) electrons. The highest BCUT2D eigenvalue weighted by Crippen LogP contribution is 2.41. The number of carboxylic acid groups (broad SMARTS) is 1. The van der Waals surface area contributed by atoms with Gasteiger partial charge in [-0.3, -0.25) is 4.79 Å². The Balaban J connectivity index is 2.14. The Kier molecular flexibility index (Phi) is 2.62. The van der Waals surface area contributed by atoms with Crippen molar-refractivity contribution in [2.75, 3.05) is 0 Å². The summed E-state index contributed by atoms with van der Waals surface area (Å²) in [4.78, 5) is 10.8. The molecule has 0 spiro atoms. The van der Waals surface area contributed by atoms with Crippen LogP contribution in [-0.4, -0.2) is 16.2 Å². The molecular formula is C12H14O3. The van der Waals surface area contributed by atoms with Crippen molar-refractivity contribution in [3.05, 3.63) is 29.8 Å². The van der Waals surface area contributed by atoms with E-state index in [9.17, 15) is 9.90 Å². The number of hydrogen-bond acceptors (Lipinski definition) is 2. The van der Waals surface area contributed by atoms with E-state index in [2.05, 4.69) is 0 Å². The van der Waals surface area contributed by atoms with Gasteiger partial charge in [-0.15, -0.1) is 0 Å². The molecular weight excluding hydrogens is 192 g/mol. The van der Waals surface area contributed by atoms with Crippen molar-refractivity contribution in [3.63, 3.8) is 0 Å². The van der Waals surface area contributed by atoms with Gasteiger partial charge in [0.2, 0.25) is 0 Å². The Hall–Kier alpha value is -1.51. The van der Waals surface area contributed by atoms with Gasteiger partial charge >= 0.3 is 5.97 Å². The summed E-state index contributed by atoms with van der Waals surface area (Å²) in [5, 5.41) is 18.5. The number of carboxylic acids is 1. The summed E-state index contributed by atoms with van der Waals surface area (Å²) in [6.07, 6.45) is 2.22. The molecule has 0 amide bonds. The first-order chi connectivity index (χ1) is 7.18. The van der Waals surface area contributed by atoms with Crippen molar-refractivity contribution in [2.24, 2.45) is 5.92 Å². The molecule has 80 valence electrons. The van der Waals surface area contributed by atoms with Gasteiger partial charge in [0, 0.05) is 0 Å². The van der Waals surface area contributed by atoms with Gasteiger partial charge in [0.15, 0.2) is 0 Å². The van der Waals surface area contributed by atoms with Gasteiger partial charge in [0.25, 0.3) is 0 Å². The molecule has 15 heavy (non-hydrogen) atoms. The lowest BCUT2D eigenvalue weighted by atomic mass is 9.95. The zero-order valence-electron chi connectivity index (χ0n) is 8.39. The fourth-order valence-corrected chi connectivity index (χ4v) is 2.32. The summed E-state index contributed by atoms with van der Waals surface area (Å²) in [5.41, 5.74) is 0.890. The molecule has 1 aromatic carbocycles. The fourth-order valence-electron chi connectivity index (χ4n) is 2.32. The SMILES string of the molecule is O=C(O)[C@@H]1CCC(c2ccccc2O)C1. The number of hydrogen-bond donors (Lipinski definition) is 2. The fraction of sp³-hybridized carbons (Fsp3) is 0.417. The minimum Gasteiger partial charge on any atom is -0.508 e. The van der Waals surface area contributed by atoms with E-state index < -0.39 is 5.97 Å². The maximum absolute atomic E-state index is 10.8. The van der Waals surface area contributed by atoms with Crippen LogP contribution in [0.4, 0.5) is 0 Å². The Morgan fingerprint density at radius 1 is 1.27 bits per heavy atom. The van der Waals surface area contributed by atoms with Crippen molar-refractivity contribution in [1.82, 2.24) is 0 Å². The van der Waals surface area contributed by atoms with Crippen molar-refractivity contribution < 1.29 is 15.0 Å². The quantitative estimate of drug-likeness (QED) is 0.781. The van der Waals surface area contributed by atoms with E-state index in [0.717, 1.165) is 12.0 Å². The summed E-state index contributed by atoms with van der Waals surface area (Å²) in [5.74, 6) is -0.469. The molecule has 0 saturated heterocycles. The van der Waals surface area contributed by atoms with Crippen LogP contribution in [0.2, 0.25) is 0 Å². The van der Waals surface area contributed by atoms with E-state index in [1.54, 1.807) is 12.1 Å². The zero-order chi connectivity index (χ0) is 10.8. The molecule has 0 heterocycles. The first-order valence-corrected chi connectivity index (χ1v) is 5.19. The summed E-state index contributed by atoms with van der Waals surface area (Å²) in [6, 6.07) is 7.19. The molecule has 1 fully saturated rings. The Morgan fingerprint density at radius 2 is 2.00 bits per heavy atom. The average Bonchev–Trinajstić information content (AvgIpc) is 2.67. The van der Waals surface area contributed by atoms with Gasteiger partial charge in [-0.05, 0) is 36.8 Å². The average molecular weight is 206 g/mol. The minimum atomic E-state index is -0.715. The standard InChI is InChI=1S/C12H14O3/c13-11-4-2-1-3-10(11)8-5-6-9(7-8)12(14)15/h1-4,8-9,13H,5-7H2,(H,14,15)/t8?,9-/m1/s1. The van der Waals surface area contributed by atoms with Crippen LogP contribution in [0.5, 0.6) is 5.75 Å². The van der Waals surface area contributed by atoms with Gasteiger partial charge in [0.05, 0.1) is 5.92 Å². The number of rotatable bonds is 2. The third kappa shape index (κ3) is 1.96. The number of para-hydroxylation sites is 1. The molecule has 1 aromatic rings. The monoisotopic (exact) mass is 206 g/mol. The van der Waals surface area contributed by atoms with Crippen LogP contribution in [0.1, 0.15) is 30.7 Å².